The largest absolute Gasteiger partial charge is 0.483 e. The standard InChI is InChI=1S/C30H23BrN4O3/c1-20-11-14-23(15-12-20)33-28(36)19-38-27-16-13-21(17-25(27)31)18-32-35-29(22-7-3-2-4-8-22)34-26-10-6-5-9-24(26)30(35)37/h2-18H,19H2,1H3,(H,33,36). The van der Waals surface area contributed by atoms with Crippen molar-refractivity contribution in [1.82, 2.24) is 9.66 Å². The van der Waals surface area contributed by atoms with Gasteiger partial charge < -0.3 is 10.1 Å². The van der Waals surface area contributed by atoms with Crippen molar-refractivity contribution in [1.29, 1.82) is 0 Å². The lowest BCUT2D eigenvalue weighted by atomic mass is 10.2. The maximum absolute atomic E-state index is 13.3. The molecular weight excluding hydrogens is 544 g/mol. The molecule has 1 amide bonds. The fourth-order valence-electron chi connectivity index (χ4n) is 3.82. The van der Waals surface area contributed by atoms with Gasteiger partial charge in [0.25, 0.3) is 11.5 Å². The number of carbonyl (C=O) groups excluding carboxylic acids is 1. The van der Waals surface area contributed by atoms with Gasteiger partial charge in [-0.15, -0.1) is 0 Å². The molecule has 188 valence electrons. The lowest BCUT2D eigenvalue weighted by Gasteiger charge is -2.10. The first-order valence-electron chi connectivity index (χ1n) is 11.9. The van der Waals surface area contributed by atoms with E-state index in [1.165, 1.54) is 4.68 Å². The Morgan fingerprint density at radius 1 is 1.00 bits per heavy atom. The minimum atomic E-state index is -0.261. The molecule has 0 aliphatic rings. The fourth-order valence-corrected chi connectivity index (χ4v) is 4.33. The zero-order chi connectivity index (χ0) is 26.5. The predicted octanol–water partition coefficient (Wildman–Crippen LogP) is 6.03. The topological polar surface area (TPSA) is 85.6 Å². The average Bonchev–Trinajstić information content (AvgIpc) is 2.94. The Morgan fingerprint density at radius 2 is 1.74 bits per heavy atom. The number of anilines is 1. The van der Waals surface area contributed by atoms with Crippen molar-refractivity contribution in [3.8, 4) is 17.1 Å². The number of halogens is 1. The number of benzene rings is 4. The van der Waals surface area contributed by atoms with Gasteiger partial charge in [-0.05, 0) is 70.9 Å². The van der Waals surface area contributed by atoms with E-state index in [4.69, 9.17) is 9.72 Å². The number of rotatable bonds is 7. The van der Waals surface area contributed by atoms with Gasteiger partial charge in [0.2, 0.25) is 0 Å². The number of hydrogen-bond acceptors (Lipinski definition) is 5. The summed E-state index contributed by atoms with van der Waals surface area (Å²) in [6.07, 6.45) is 1.59. The smallest absolute Gasteiger partial charge is 0.282 e. The van der Waals surface area contributed by atoms with E-state index in [9.17, 15) is 9.59 Å². The molecule has 0 spiro atoms. The summed E-state index contributed by atoms with van der Waals surface area (Å²) in [6.45, 7) is 1.85. The molecule has 38 heavy (non-hydrogen) atoms. The lowest BCUT2D eigenvalue weighted by molar-refractivity contribution is -0.118. The van der Waals surface area contributed by atoms with Crippen LogP contribution in [0.1, 0.15) is 11.1 Å². The Morgan fingerprint density at radius 3 is 2.50 bits per heavy atom. The molecule has 5 aromatic rings. The van der Waals surface area contributed by atoms with Crippen LogP contribution in [0.3, 0.4) is 0 Å². The third-order valence-corrected chi connectivity index (χ3v) is 6.38. The number of amides is 1. The van der Waals surface area contributed by atoms with E-state index in [2.05, 4.69) is 26.3 Å². The second kappa shape index (κ2) is 11.2. The van der Waals surface area contributed by atoms with Crippen molar-refractivity contribution in [2.45, 2.75) is 6.92 Å². The zero-order valence-electron chi connectivity index (χ0n) is 20.5. The summed E-state index contributed by atoms with van der Waals surface area (Å²) < 4.78 is 7.65. The molecule has 0 bridgehead atoms. The van der Waals surface area contributed by atoms with Crippen molar-refractivity contribution in [2.75, 3.05) is 11.9 Å². The molecule has 0 unspecified atom stereocenters. The van der Waals surface area contributed by atoms with Gasteiger partial charge in [-0.2, -0.15) is 9.78 Å². The third kappa shape index (κ3) is 5.71. The average molecular weight is 567 g/mol. The SMILES string of the molecule is Cc1ccc(NC(=O)COc2ccc(C=Nn3c(-c4ccccc4)nc4ccccc4c3=O)cc2Br)cc1. The van der Waals surface area contributed by atoms with Crippen LogP contribution in [0.15, 0.2) is 111 Å². The normalized spacial score (nSPS) is 11.1. The summed E-state index contributed by atoms with van der Waals surface area (Å²) >= 11 is 3.50. The molecule has 0 radical (unpaired) electrons. The van der Waals surface area contributed by atoms with Crippen LogP contribution in [-0.4, -0.2) is 28.4 Å². The minimum Gasteiger partial charge on any atom is -0.483 e. The number of para-hydroxylation sites is 1. The summed E-state index contributed by atoms with van der Waals surface area (Å²) in [6, 6.07) is 29.6. The van der Waals surface area contributed by atoms with Crippen LogP contribution in [0.25, 0.3) is 22.3 Å². The summed E-state index contributed by atoms with van der Waals surface area (Å²) in [4.78, 5) is 30.3. The Bertz CT molecular complexity index is 1700. The van der Waals surface area contributed by atoms with Gasteiger partial charge in [-0.1, -0.05) is 60.2 Å². The van der Waals surface area contributed by atoms with Crippen molar-refractivity contribution < 1.29 is 9.53 Å². The Balaban J connectivity index is 1.36. The van der Waals surface area contributed by atoms with Crippen molar-refractivity contribution in [3.63, 3.8) is 0 Å². The second-order valence-electron chi connectivity index (χ2n) is 8.57. The molecule has 0 aliphatic heterocycles. The second-order valence-corrected chi connectivity index (χ2v) is 9.43. The summed E-state index contributed by atoms with van der Waals surface area (Å²) in [5, 5.41) is 7.78. The lowest BCUT2D eigenvalue weighted by Crippen LogP contribution is -2.20. The van der Waals surface area contributed by atoms with Crippen LogP contribution in [0.4, 0.5) is 5.69 Å². The van der Waals surface area contributed by atoms with Gasteiger partial charge in [0.1, 0.15) is 5.75 Å². The quantitative estimate of drug-likeness (QED) is 0.243. The Labute approximate surface area is 227 Å². The first-order chi connectivity index (χ1) is 18.5. The number of ether oxygens (including phenoxy) is 1. The van der Waals surface area contributed by atoms with Gasteiger partial charge in [0.05, 0.1) is 21.6 Å². The predicted molar refractivity (Wildman–Crippen MR) is 154 cm³/mol. The molecule has 5 rings (SSSR count). The van der Waals surface area contributed by atoms with Gasteiger partial charge in [-0.25, -0.2) is 4.98 Å². The van der Waals surface area contributed by atoms with E-state index in [0.717, 1.165) is 16.7 Å². The maximum Gasteiger partial charge on any atom is 0.282 e. The highest BCUT2D eigenvalue weighted by atomic mass is 79.9. The highest BCUT2D eigenvalue weighted by Gasteiger charge is 2.12. The van der Waals surface area contributed by atoms with Crippen molar-refractivity contribution >= 4 is 44.6 Å². The monoisotopic (exact) mass is 566 g/mol. The van der Waals surface area contributed by atoms with E-state index in [1.54, 1.807) is 36.5 Å². The van der Waals surface area contributed by atoms with Crippen molar-refractivity contribution in [2.24, 2.45) is 5.10 Å². The molecule has 8 heteroatoms. The van der Waals surface area contributed by atoms with E-state index in [-0.39, 0.29) is 18.1 Å². The van der Waals surface area contributed by atoms with Crippen LogP contribution in [-0.2, 0) is 4.79 Å². The van der Waals surface area contributed by atoms with Crippen LogP contribution >= 0.6 is 15.9 Å². The van der Waals surface area contributed by atoms with E-state index in [1.807, 2.05) is 73.7 Å². The van der Waals surface area contributed by atoms with Crippen molar-refractivity contribution in [3.05, 3.63) is 123 Å². The van der Waals surface area contributed by atoms with Gasteiger partial charge >= 0.3 is 0 Å². The maximum atomic E-state index is 13.3. The number of hydrogen-bond donors (Lipinski definition) is 1. The zero-order valence-corrected chi connectivity index (χ0v) is 22.1. The molecule has 0 atom stereocenters. The van der Waals surface area contributed by atoms with E-state index < -0.39 is 0 Å². The third-order valence-electron chi connectivity index (χ3n) is 5.76. The molecule has 1 aromatic heterocycles. The van der Waals surface area contributed by atoms with E-state index in [0.29, 0.717) is 32.6 Å². The molecule has 0 saturated heterocycles. The molecule has 0 saturated carbocycles. The van der Waals surface area contributed by atoms with Gasteiger partial charge in [0.15, 0.2) is 12.4 Å². The Hall–Kier alpha value is -4.56. The van der Waals surface area contributed by atoms with Crippen LogP contribution in [0, 0.1) is 6.92 Å². The molecule has 1 heterocycles. The molecule has 1 N–H and O–H groups in total. The number of nitrogens with zero attached hydrogens (tertiary/aromatic N) is 3. The van der Waals surface area contributed by atoms with Gasteiger partial charge in [-0.3, -0.25) is 9.59 Å². The number of aromatic nitrogens is 2. The highest BCUT2D eigenvalue weighted by molar-refractivity contribution is 9.10. The summed E-state index contributed by atoms with van der Waals surface area (Å²) in [7, 11) is 0. The molecule has 4 aromatic carbocycles. The molecule has 0 aliphatic carbocycles. The van der Waals surface area contributed by atoms with E-state index >= 15 is 0 Å². The van der Waals surface area contributed by atoms with Gasteiger partial charge in [0, 0.05) is 11.3 Å². The minimum absolute atomic E-state index is 0.140. The summed E-state index contributed by atoms with van der Waals surface area (Å²) in [5.74, 6) is 0.697. The molecular formula is C30H23BrN4O3. The van der Waals surface area contributed by atoms with Crippen LogP contribution in [0.5, 0.6) is 5.75 Å². The van der Waals surface area contributed by atoms with Crippen LogP contribution < -0.4 is 15.6 Å². The first kappa shape index (κ1) is 25.1. The number of aryl methyl sites for hydroxylation is 1. The molecule has 0 fully saturated rings. The number of nitrogens with one attached hydrogen (secondary N) is 1. The van der Waals surface area contributed by atoms with Crippen LogP contribution in [0.2, 0.25) is 0 Å². The molecule has 7 nitrogen and oxygen atoms in total. The first-order valence-corrected chi connectivity index (χ1v) is 12.7. The summed E-state index contributed by atoms with van der Waals surface area (Å²) in [5.41, 5.74) is 3.68. The number of fused-ring (bicyclic) bond motifs is 1. The fraction of sp³-hybridized carbons (Fsp3) is 0.0667. The highest BCUT2D eigenvalue weighted by Crippen LogP contribution is 2.26. The Kier molecular flexibility index (Phi) is 7.42. The number of carbonyl (C=O) groups is 1.